The Balaban J connectivity index is 2.30. The molecule has 0 saturated heterocycles. The van der Waals surface area contributed by atoms with E-state index in [1.165, 1.54) is 31.2 Å². The van der Waals surface area contributed by atoms with Crippen molar-refractivity contribution in [2.24, 2.45) is 0 Å². The summed E-state index contributed by atoms with van der Waals surface area (Å²) in [7, 11) is -4.09. The Morgan fingerprint density at radius 3 is 2.21 bits per heavy atom. The lowest BCUT2D eigenvalue weighted by atomic mass is 10.2. The number of nitrogens with zero attached hydrogens (tertiary/aromatic N) is 1. The van der Waals surface area contributed by atoms with Gasteiger partial charge >= 0.3 is 0 Å². The molecule has 24 heavy (non-hydrogen) atoms. The van der Waals surface area contributed by atoms with Crippen molar-refractivity contribution in [1.82, 2.24) is 4.83 Å². The molecule has 0 saturated carbocycles. The topological polar surface area (TPSA) is 101 Å². The van der Waals surface area contributed by atoms with Crippen LogP contribution < -0.4 is 10.3 Å². The molecule has 0 atom stereocenters. The zero-order valence-electron chi connectivity index (χ0n) is 12.0. The molecule has 0 amide bonds. The molecule has 0 aromatic heterocycles. The van der Waals surface area contributed by atoms with Gasteiger partial charge in [0.25, 0.3) is 15.7 Å². The molecular formula is C13H10Cl3N3O4S. The van der Waals surface area contributed by atoms with Gasteiger partial charge in [-0.15, -0.1) is 4.83 Å². The maximum atomic E-state index is 12.3. The van der Waals surface area contributed by atoms with E-state index >= 15 is 0 Å². The number of nitro benzene ring substituents is 1. The fourth-order valence-corrected chi connectivity index (χ4v) is 3.57. The third kappa shape index (κ3) is 4.08. The van der Waals surface area contributed by atoms with Gasteiger partial charge in [-0.25, -0.2) is 8.42 Å². The standard InChI is InChI=1S/C13H10Cl3N3O4S/c1-7-2-3-9(6-12(7)19(20)21)24(22,23)18-17-13-10(15)4-8(14)5-11(13)16/h2-6,17-18H,1H3. The van der Waals surface area contributed by atoms with Gasteiger partial charge in [0, 0.05) is 16.7 Å². The molecule has 2 aromatic rings. The molecule has 11 heteroatoms. The molecule has 128 valence electrons. The summed E-state index contributed by atoms with van der Waals surface area (Å²) in [5.41, 5.74) is 2.52. The molecule has 0 radical (unpaired) electrons. The van der Waals surface area contributed by atoms with E-state index in [9.17, 15) is 18.5 Å². The van der Waals surface area contributed by atoms with Crippen molar-refractivity contribution in [1.29, 1.82) is 0 Å². The van der Waals surface area contributed by atoms with Crippen LogP contribution in [0.2, 0.25) is 15.1 Å². The maximum Gasteiger partial charge on any atom is 0.273 e. The van der Waals surface area contributed by atoms with Crippen LogP contribution in [0.5, 0.6) is 0 Å². The SMILES string of the molecule is Cc1ccc(S(=O)(=O)NNc2c(Cl)cc(Cl)cc2Cl)cc1[N+](=O)[O-]. The summed E-state index contributed by atoms with van der Waals surface area (Å²) in [4.78, 5) is 12.1. The van der Waals surface area contributed by atoms with Crippen molar-refractivity contribution < 1.29 is 13.3 Å². The molecule has 0 aliphatic rings. The maximum absolute atomic E-state index is 12.3. The van der Waals surface area contributed by atoms with Gasteiger partial charge in [0.1, 0.15) is 0 Å². The van der Waals surface area contributed by atoms with Crippen LogP contribution in [0, 0.1) is 17.0 Å². The van der Waals surface area contributed by atoms with Gasteiger partial charge in [0.05, 0.1) is 25.6 Å². The minimum absolute atomic E-state index is 0.102. The first kappa shape index (κ1) is 18.8. The first-order chi connectivity index (χ1) is 11.1. The van der Waals surface area contributed by atoms with Crippen LogP contribution >= 0.6 is 34.8 Å². The highest BCUT2D eigenvalue weighted by molar-refractivity contribution is 7.89. The van der Waals surface area contributed by atoms with Crippen LogP contribution in [-0.2, 0) is 10.0 Å². The zero-order chi connectivity index (χ0) is 18.1. The molecule has 2 N–H and O–H groups in total. The molecule has 0 aliphatic carbocycles. The molecule has 0 spiro atoms. The predicted octanol–water partition coefficient (Wildman–Crippen LogP) is 4.17. The second-order valence-corrected chi connectivity index (χ2v) is 7.61. The average Bonchev–Trinajstić information content (AvgIpc) is 2.45. The molecule has 0 aliphatic heterocycles. The second-order valence-electron chi connectivity index (χ2n) is 4.68. The largest absolute Gasteiger partial charge is 0.305 e. The van der Waals surface area contributed by atoms with E-state index in [1.807, 2.05) is 0 Å². The van der Waals surface area contributed by atoms with E-state index in [2.05, 4.69) is 10.3 Å². The van der Waals surface area contributed by atoms with E-state index in [0.29, 0.717) is 5.56 Å². The van der Waals surface area contributed by atoms with Crippen LogP contribution in [0.1, 0.15) is 5.56 Å². The molecule has 0 unspecified atom stereocenters. The van der Waals surface area contributed by atoms with E-state index in [1.54, 1.807) is 0 Å². The van der Waals surface area contributed by atoms with Gasteiger partial charge in [-0.05, 0) is 25.1 Å². The van der Waals surface area contributed by atoms with Crippen molar-refractivity contribution in [3.8, 4) is 0 Å². The van der Waals surface area contributed by atoms with Crippen LogP contribution in [0.3, 0.4) is 0 Å². The highest BCUT2D eigenvalue weighted by atomic mass is 35.5. The minimum Gasteiger partial charge on any atom is -0.305 e. The summed E-state index contributed by atoms with van der Waals surface area (Å²) in [6.07, 6.45) is 0. The van der Waals surface area contributed by atoms with Crippen LogP contribution in [0.25, 0.3) is 0 Å². The molecular weight excluding hydrogens is 401 g/mol. The fourth-order valence-electron chi connectivity index (χ4n) is 1.79. The quantitative estimate of drug-likeness (QED) is 0.569. The Morgan fingerprint density at radius 2 is 1.67 bits per heavy atom. The number of hydrazine groups is 1. The molecule has 2 aromatic carbocycles. The van der Waals surface area contributed by atoms with Gasteiger partial charge in [-0.1, -0.05) is 40.9 Å². The van der Waals surface area contributed by atoms with E-state index < -0.39 is 14.9 Å². The lowest BCUT2D eigenvalue weighted by Crippen LogP contribution is -2.29. The lowest BCUT2D eigenvalue weighted by Gasteiger charge is -2.12. The Kier molecular flexibility index (Phi) is 5.56. The van der Waals surface area contributed by atoms with Gasteiger partial charge in [0.15, 0.2) is 0 Å². The van der Waals surface area contributed by atoms with Crippen LogP contribution in [-0.4, -0.2) is 13.3 Å². The third-order valence-electron chi connectivity index (χ3n) is 3.00. The summed E-state index contributed by atoms with van der Waals surface area (Å²) in [5, 5.41) is 11.4. The highest BCUT2D eigenvalue weighted by Gasteiger charge is 2.20. The smallest absolute Gasteiger partial charge is 0.273 e. The van der Waals surface area contributed by atoms with E-state index in [-0.39, 0.29) is 31.3 Å². The second kappa shape index (κ2) is 7.12. The molecule has 0 fully saturated rings. The van der Waals surface area contributed by atoms with E-state index in [0.717, 1.165) is 6.07 Å². The normalized spacial score (nSPS) is 11.3. The van der Waals surface area contributed by atoms with Crippen molar-refractivity contribution in [3.63, 3.8) is 0 Å². The summed E-state index contributed by atoms with van der Waals surface area (Å²) >= 11 is 17.7. The Hall–Kier alpha value is -1.58. The van der Waals surface area contributed by atoms with Crippen LogP contribution in [0.4, 0.5) is 11.4 Å². The minimum atomic E-state index is -4.09. The van der Waals surface area contributed by atoms with Crippen molar-refractivity contribution >= 4 is 56.2 Å². The number of hydrogen-bond donors (Lipinski definition) is 2. The Morgan fingerprint density at radius 1 is 1.08 bits per heavy atom. The third-order valence-corrected chi connectivity index (χ3v) is 5.06. The molecule has 0 bridgehead atoms. The molecule has 7 nitrogen and oxygen atoms in total. The molecule has 2 rings (SSSR count). The number of anilines is 1. The average molecular weight is 411 g/mol. The number of nitrogens with one attached hydrogen (secondary N) is 2. The van der Waals surface area contributed by atoms with E-state index in [4.69, 9.17) is 34.8 Å². The number of sulfonamides is 1. The summed E-state index contributed by atoms with van der Waals surface area (Å²) in [6, 6.07) is 6.31. The monoisotopic (exact) mass is 409 g/mol. The lowest BCUT2D eigenvalue weighted by molar-refractivity contribution is -0.385. The number of hydrogen-bond acceptors (Lipinski definition) is 5. The van der Waals surface area contributed by atoms with Gasteiger partial charge in [0.2, 0.25) is 0 Å². The Bertz CT molecular complexity index is 896. The number of aryl methyl sites for hydroxylation is 1. The summed E-state index contributed by atoms with van der Waals surface area (Å²) < 4.78 is 24.5. The fraction of sp³-hybridized carbons (Fsp3) is 0.0769. The van der Waals surface area contributed by atoms with Gasteiger partial charge in [-0.3, -0.25) is 10.1 Å². The molecule has 0 heterocycles. The van der Waals surface area contributed by atoms with Gasteiger partial charge in [-0.2, -0.15) is 0 Å². The summed E-state index contributed by atoms with van der Waals surface area (Å²) in [6.45, 7) is 1.51. The van der Waals surface area contributed by atoms with Crippen LogP contribution in [0.15, 0.2) is 35.2 Å². The van der Waals surface area contributed by atoms with Gasteiger partial charge < -0.3 is 5.43 Å². The Labute approximate surface area is 152 Å². The first-order valence-corrected chi connectivity index (χ1v) is 8.91. The number of halogens is 3. The first-order valence-electron chi connectivity index (χ1n) is 6.29. The number of rotatable bonds is 5. The highest BCUT2D eigenvalue weighted by Crippen LogP contribution is 2.33. The number of nitro groups is 1. The zero-order valence-corrected chi connectivity index (χ0v) is 15.1. The van der Waals surface area contributed by atoms with Crippen molar-refractivity contribution in [2.45, 2.75) is 11.8 Å². The van der Waals surface area contributed by atoms with Crippen molar-refractivity contribution in [3.05, 3.63) is 61.1 Å². The number of benzene rings is 2. The van der Waals surface area contributed by atoms with Crippen molar-refractivity contribution in [2.75, 3.05) is 5.43 Å². The summed E-state index contributed by atoms with van der Waals surface area (Å²) in [5.74, 6) is 0. The predicted molar refractivity (Wildman–Crippen MR) is 93.2 cm³/mol.